The normalized spacial score (nSPS) is 15.4. The molecule has 1 aliphatic heterocycles. The molecule has 35 heavy (non-hydrogen) atoms. The number of pyridine rings is 2. The average Bonchev–Trinajstić information content (AvgIpc) is 3.45. The minimum atomic E-state index is -0.396. The van der Waals surface area contributed by atoms with Gasteiger partial charge in [0, 0.05) is 56.2 Å². The molecule has 5 rings (SSSR count). The fourth-order valence-electron chi connectivity index (χ4n) is 4.94. The topological polar surface area (TPSA) is 67.0 Å². The molecule has 0 spiro atoms. The summed E-state index contributed by atoms with van der Waals surface area (Å²) in [6.07, 6.45) is 11.0. The number of piperidine rings is 1. The third kappa shape index (κ3) is 4.78. The van der Waals surface area contributed by atoms with Crippen LogP contribution in [-0.2, 0) is 13.5 Å². The first-order chi connectivity index (χ1) is 16.9. The molecule has 5 heterocycles. The van der Waals surface area contributed by atoms with Crippen LogP contribution in [0.25, 0.3) is 28.0 Å². The zero-order valence-corrected chi connectivity index (χ0v) is 20.9. The third-order valence-corrected chi connectivity index (χ3v) is 7.12. The summed E-state index contributed by atoms with van der Waals surface area (Å²) in [5.41, 5.74) is 4.37. The largest absolute Gasteiger partial charge is 0.371 e. The first-order valence-electron chi connectivity index (χ1n) is 12.2. The lowest BCUT2D eigenvalue weighted by molar-refractivity contribution is 0.145. The van der Waals surface area contributed by atoms with Crippen molar-refractivity contribution in [1.29, 1.82) is 0 Å². The Labute approximate surface area is 205 Å². The lowest BCUT2D eigenvalue weighted by atomic mass is 10.0. The number of nitrogens with one attached hydrogen (secondary N) is 1. The van der Waals surface area contributed by atoms with Crippen LogP contribution in [0.15, 0.2) is 43.0 Å². The van der Waals surface area contributed by atoms with Gasteiger partial charge in [0.15, 0.2) is 11.6 Å². The fraction of sp³-hybridized carbons (Fsp3) is 0.423. The molecule has 0 amide bonds. The van der Waals surface area contributed by atoms with Gasteiger partial charge in [0.1, 0.15) is 5.65 Å². The van der Waals surface area contributed by atoms with Crippen LogP contribution < -0.4 is 5.32 Å². The number of hydrogen-bond donors (Lipinski definition) is 1. The van der Waals surface area contributed by atoms with Crippen molar-refractivity contribution in [2.45, 2.75) is 25.3 Å². The molecular formula is C26H33FN8. The number of aryl methyl sites for hydroxylation is 1. The quantitative estimate of drug-likeness (QED) is 0.440. The van der Waals surface area contributed by atoms with Crippen molar-refractivity contribution < 1.29 is 4.39 Å². The highest BCUT2D eigenvalue weighted by atomic mass is 19.1. The van der Waals surface area contributed by atoms with Crippen molar-refractivity contribution in [2.75, 3.05) is 46.1 Å². The SMILES string of the molecule is CNc1ncc(-c2ccc3c(CCN(C)C4CCN(C)CC4)cn(-c4cnn(C)c4)c3n2)cc1F. The van der Waals surface area contributed by atoms with Gasteiger partial charge in [-0.05, 0) is 70.2 Å². The molecule has 1 N–H and O–H groups in total. The Morgan fingerprint density at radius 1 is 1.14 bits per heavy atom. The molecule has 4 aromatic rings. The number of anilines is 1. The van der Waals surface area contributed by atoms with Crippen molar-refractivity contribution in [2.24, 2.45) is 7.05 Å². The maximum atomic E-state index is 14.4. The summed E-state index contributed by atoms with van der Waals surface area (Å²) in [6, 6.07) is 6.15. The molecule has 0 unspecified atom stereocenters. The summed E-state index contributed by atoms with van der Waals surface area (Å²) in [5.74, 6) is -0.170. The maximum Gasteiger partial charge on any atom is 0.166 e. The van der Waals surface area contributed by atoms with E-state index in [1.54, 1.807) is 17.9 Å². The number of likely N-dealkylation sites (tertiary alicyclic amines) is 1. The van der Waals surface area contributed by atoms with E-state index in [0.29, 0.717) is 17.3 Å². The smallest absolute Gasteiger partial charge is 0.166 e. The highest BCUT2D eigenvalue weighted by molar-refractivity contribution is 5.84. The summed E-state index contributed by atoms with van der Waals surface area (Å²) in [4.78, 5) is 14.0. The first kappa shape index (κ1) is 23.4. The Balaban J connectivity index is 1.47. The number of halogens is 1. The predicted molar refractivity (Wildman–Crippen MR) is 137 cm³/mol. The maximum absolute atomic E-state index is 14.4. The van der Waals surface area contributed by atoms with Crippen LogP contribution in [0.1, 0.15) is 18.4 Å². The molecule has 1 fully saturated rings. The van der Waals surface area contributed by atoms with Crippen molar-refractivity contribution >= 4 is 16.9 Å². The molecular weight excluding hydrogens is 443 g/mol. The summed E-state index contributed by atoms with van der Waals surface area (Å²) in [6.45, 7) is 3.31. The van der Waals surface area contributed by atoms with E-state index in [2.05, 4.69) is 56.1 Å². The van der Waals surface area contributed by atoms with Crippen LogP contribution in [0.2, 0.25) is 0 Å². The van der Waals surface area contributed by atoms with E-state index in [1.807, 2.05) is 25.5 Å². The van der Waals surface area contributed by atoms with E-state index in [1.165, 1.54) is 24.5 Å². The number of likely N-dealkylation sites (N-methyl/N-ethyl adjacent to an activating group) is 1. The molecule has 1 aliphatic rings. The van der Waals surface area contributed by atoms with Gasteiger partial charge in [-0.3, -0.25) is 9.25 Å². The third-order valence-electron chi connectivity index (χ3n) is 7.12. The number of hydrogen-bond acceptors (Lipinski definition) is 6. The number of rotatable bonds is 7. The lowest BCUT2D eigenvalue weighted by Crippen LogP contribution is -2.42. The molecule has 0 atom stereocenters. The Kier molecular flexibility index (Phi) is 6.53. The summed E-state index contributed by atoms with van der Waals surface area (Å²) in [5, 5.41) is 8.22. The lowest BCUT2D eigenvalue weighted by Gasteiger charge is -2.35. The molecule has 1 saturated heterocycles. The van der Waals surface area contributed by atoms with E-state index < -0.39 is 5.82 Å². The molecule has 184 valence electrons. The number of nitrogens with zero attached hydrogens (tertiary/aromatic N) is 7. The Bertz CT molecular complexity index is 1320. The van der Waals surface area contributed by atoms with E-state index >= 15 is 0 Å². The zero-order chi connectivity index (χ0) is 24.5. The fourth-order valence-corrected chi connectivity index (χ4v) is 4.94. The van der Waals surface area contributed by atoms with Gasteiger partial charge in [-0.1, -0.05) is 0 Å². The highest BCUT2D eigenvalue weighted by Gasteiger charge is 2.21. The van der Waals surface area contributed by atoms with Gasteiger partial charge in [-0.25, -0.2) is 14.4 Å². The standard InChI is InChI=1S/C26H33FN8/c1-28-25-23(27)13-19(14-29-25)24-6-5-22-18(7-12-33(3)20-8-10-32(2)11-9-20)16-35(26(22)31-24)21-15-30-34(4)17-21/h5-6,13-17,20H,7-12H2,1-4H3,(H,28,29). The summed E-state index contributed by atoms with van der Waals surface area (Å²) < 4.78 is 18.2. The van der Waals surface area contributed by atoms with Gasteiger partial charge in [0.2, 0.25) is 0 Å². The van der Waals surface area contributed by atoms with Gasteiger partial charge in [-0.2, -0.15) is 5.10 Å². The van der Waals surface area contributed by atoms with Gasteiger partial charge in [-0.15, -0.1) is 0 Å². The molecule has 0 bridgehead atoms. The summed E-state index contributed by atoms with van der Waals surface area (Å²) in [7, 11) is 8.00. The zero-order valence-electron chi connectivity index (χ0n) is 20.9. The second kappa shape index (κ2) is 9.75. The van der Waals surface area contributed by atoms with Crippen molar-refractivity contribution in [1.82, 2.24) is 34.1 Å². The number of fused-ring (bicyclic) bond motifs is 1. The number of aromatic nitrogens is 5. The van der Waals surface area contributed by atoms with Gasteiger partial charge >= 0.3 is 0 Å². The van der Waals surface area contributed by atoms with E-state index in [9.17, 15) is 4.39 Å². The van der Waals surface area contributed by atoms with Crippen LogP contribution in [0, 0.1) is 5.82 Å². The van der Waals surface area contributed by atoms with Crippen molar-refractivity contribution in [3.05, 3.63) is 54.4 Å². The van der Waals surface area contributed by atoms with Crippen LogP contribution in [0.4, 0.5) is 10.2 Å². The first-order valence-corrected chi connectivity index (χ1v) is 12.2. The molecule has 0 saturated carbocycles. The van der Waals surface area contributed by atoms with Crippen LogP contribution in [-0.4, -0.2) is 80.9 Å². The monoisotopic (exact) mass is 476 g/mol. The summed E-state index contributed by atoms with van der Waals surface area (Å²) >= 11 is 0. The molecule has 0 aromatic carbocycles. The van der Waals surface area contributed by atoms with Crippen LogP contribution >= 0.6 is 0 Å². The molecule has 0 radical (unpaired) electrons. The highest BCUT2D eigenvalue weighted by Crippen LogP contribution is 2.28. The van der Waals surface area contributed by atoms with Crippen LogP contribution in [0.3, 0.4) is 0 Å². The van der Waals surface area contributed by atoms with E-state index in [0.717, 1.165) is 42.8 Å². The molecule has 4 aromatic heterocycles. The Morgan fingerprint density at radius 2 is 1.94 bits per heavy atom. The van der Waals surface area contributed by atoms with E-state index in [4.69, 9.17) is 4.98 Å². The molecule has 0 aliphatic carbocycles. The Morgan fingerprint density at radius 3 is 2.63 bits per heavy atom. The average molecular weight is 477 g/mol. The molecule has 8 nitrogen and oxygen atoms in total. The minimum absolute atomic E-state index is 0.226. The predicted octanol–water partition coefficient (Wildman–Crippen LogP) is 3.57. The van der Waals surface area contributed by atoms with Crippen LogP contribution in [0.5, 0.6) is 0 Å². The van der Waals surface area contributed by atoms with Gasteiger partial charge < -0.3 is 15.1 Å². The minimum Gasteiger partial charge on any atom is -0.371 e. The Hall–Kier alpha value is -3.30. The van der Waals surface area contributed by atoms with Gasteiger partial charge in [0.05, 0.1) is 17.6 Å². The molecule has 9 heteroatoms. The second-order valence-corrected chi connectivity index (χ2v) is 9.53. The second-order valence-electron chi connectivity index (χ2n) is 9.53. The van der Waals surface area contributed by atoms with Crippen molar-refractivity contribution in [3.63, 3.8) is 0 Å². The van der Waals surface area contributed by atoms with E-state index in [-0.39, 0.29) is 5.82 Å². The van der Waals surface area contributed by atoms with Crippen molar-refractivity contribution in [3.8, 4) is 16.9 Å². The van der Waals surface area contributed by atoms with Gasteiger partial charge in [0.25, 0.3) is 0 Å².